The third-order valence-electron chi connectivity index (χ3n) is 4.34. The number of aromatic nitrogens is 1. The van der Waals surface area contributed by atoms with Crippen LogP contribution in [0.2, 0.25) is 0 Å². The van der Waals surface area contributed by atoms with Gasteiger partial charge in [0.05, 0.1) is 17.2 Å². The lowest BCUT2D eigenvalue weighted by molar-refractivity contribution is -0.121. The number of hydrogen-bond acceptors (Lipinski definition) is 6. The monoisotopic (exact) mass is 402 g/mol. The number of rotatable bonds is 4. The quantitative estimate of drug-likeness (QED) is 0.679. The van der Waals surface area contributed by atoms with Crippen LogP contribution < -0.4 is 10.6 Å². The number of piperidine rings is 1. The van der Waals surface area contributed by atoms with Gasteiger partial charge in [-0.2, -0.15) is 0 Å². The van der Waals surface area contributed by atoms with E-state index in [1.165, 1.54) is 22.7 Å². The molecule has 1 fully saturated rings. The number of thiazole rings is 1. The van der Waals surface area contributed by atoms with Crippen LogP contribution in [0.25, 0.3) is 11.5 Å². The summed E-state index contributed by atoms with van der Waals surface area (Å²) in [5, 5.41) is 10.8. The SMILES string of the molecule is O=C(Nc1nc(-c2ccco2)cs1)C1CCCN(C(=O)Nc2cccs2)C1. The fourth-order valence-electron chi connectivity index (χ4n) is 2.99. The first kappa shape index (κ1) is 17.7. The summed E-state index contributed by atoms with van der Waals surface area (Å²) in [7, 11) is 0. The number of thiophene rings is 1. The number of carbonyl (C=O) groups is 2. The van der Waals surface area contributed by atoms with Gasteiger partial charge in [0.2, 0.25) is 5.91 Å². The van der Waals surface area contributed by atoms with Crippen molar-refractivity contribution in [3.63, 3.8) is 0 Å². The predicted octanol–water partition coefficient (Wildman–Crippen LogP) is 4.35. The summed E-state index contributed by atoms with van der Waals surface area (Å²) in [4.78, 5) is 31.1. The first-order valence-electron chi connectivity index (χ1n) is 8.59. The third-order valence-corrected chi connectivity index (χ3v) is 5.88. The minimum atomic E-state index is -0.246. The van der Waals surface area contributed by atoms with Crippen molar-refractivity contribution in [3.8, 4) is 11.5 Å². The molecule has 1 unspecified atom stereocenters. The number of anilines is 2. The molecule has 0 bridgehead atoms. The van der Waals surface area contributed by atoms with Crippen LogP contribution in [0.4, 0.5) is 14.9 Å². The molecule has 3 aromatic heterocycles. The summed E-state index contributed by atoms with van der Waals surface area (Å²) >= 11 is 2.83. The number of furan rings is 1. The van der Waals surface area contributed by atoms with Gasteiger partial charge in [0.1, 0.15) is 5.69 Å². The van der Waals surface area contributed by atoms with Crippen LogP contribution in [-0.4, -0.2) is 34.9 Å². The van der Waals surface area contributed by atoms with Gasteiger partial charge in [-0.1, -0.05) is 0 Å². The minimum absolute atomic E-state index is 0.107. The van der Waals surface area contributed by atoms with E-state index < -0.39 is 0 Å². The van der Waals surface area contributed by atoms with E-state index in [1.54, 1.807) is 17.2 Å². The van der Waals surface area contributed by atoms with Crippen LogP contribution in [-0.2, 0) is 4.79 Å². The molecule has 140 valence electrons. The Morgan fingerprint density at radius 1 is 1.22 bits per heavy atom. The van der Waals surface area contributed by atoms with Crippen molar-refractivity contribution in [1.82, 2.24) is 9.88 Å². The fourth-order valence-corrected chi connectivity index (χ4v) is 4.30. The molecule has 0 radical (unpaired) electrons. The van der Waals surface area contributed by atoms with Crippen molar-refractivity contribution in [3.05, 3.63) is 41.3 Å². The molecule has 2 N–H and O–H groups in total. The highest BCUT2D eigenvalue weighted by molar-refractivity contribution is 7.14. The first-order valence-corrected chi connectivity index (χ1v) is 10.3. The minimum Gasteiger partial charge on any atom is -0.463 e. The predicted molar refractivity (Wildman–Crippen MR) is 106 cm³/mol. The second-order valence-corrected chi connectivity index (χ2v) is 8.00. The molecule has 0 saturated carbocycles. The lowest BCUT2D eigenvalue weighted by Gasteiger charge is -2.31. The molecule has 0 aliphatic carbocycles. The summed E-state index contributed by atoms with van der Waals surface area (Å²) in [6.45, 7) is 1.06. The zero-order chi connectivity index (χ0) is 18.6. The summed E-state index contributed by atoms with van der Waals surface area (Å²) in [5.74, 6) is 0.314. The van der Waals surface area contributed by atoms with Gasteiger partial charge in [0.25, 0.3) is 0 Å². The van der Waals surface area contributed by atoms with Gasteiger partial charge in [0, 0.05) is 18.5 Å². The number of nitrogens with zero attached hydrogens (tertiary/aromatic N) is 2. The van der Waals surface area contributed by atoms with E-state index in [4.69, 9.17) is 4.42 Å². The van der Waals surface area contributed by atoms with Crippen LogP contribution in [0.1, 0.15) is 12.8 Å². The Morgan fingerprint density at radius 2 is 2.15 bits per heavy atom. The summed E-state index contributed by atoms with van der Waals surface area (Å²) in [5.41, 5.74) is 0.695. The average molecular weight is 403 g/mol. The van der Waals surface area contributed by atoms with Crippen LogP contribution in [0, 0.1) is 5.92 Å². The summed E-state index contributed by atoms with van der Waals surface area (Å²) in [6.07, 6.45) is 3.14. The van der Waals surface area contributed by atoms with Gasteiger partial charge >= 0.3 is 6.03 Å². The molecule has 4 rings (SSSR count). The molecule has 4 heterocycles. The molecule has 3 aromatic rings. The van der Waals surface area contributed by atoms with E-state index in [2.05, 4.69) is 15.6 Å². The Hall–Kier alpha value is -2.65. The lowest BCUT2D eigenvalue weighted by atomic mass is 9.97. The Kier molecular flexibility index (Phi) is 5.21. The van der Waals surface area contributed by atoms with Gasteiger partial charge in [-0.25, -0.2) is 9.78 Å². The van der Waals surface area contributed by atoms with E-state index in [9.17, 15) is 9.59 Å². The maximum absolute atomic E-state index is 12.6. The van der Waals surface area contributed by atoms with Crippen LogP contribution in [0.3, 0.4) is 0 Å². The van der Waals surface area contributed by atoms with Crippen molar-refractivity contribution in [2.24, 2.45) is 5.92 Å². The van der Waals surface area contributed by atoms with Crippen molar-refractivity contribution in [1.29, 1.82) is 0 Å². The van der Waals surface area contributed by atoms with Crippen molar-refractivity contribution in [2.75, 3.05) is 23.7 Å². The summed E-state index contributed by atoms with van der Waals surface area (Å²) in [6, 6.07) is 7.20. The Morgan fingerprint density at radius 3 is 2.93 bits per heavy atom. The van der Waals surface area contributed by atoms with Gasteiger partial charge in [-0.15, -0.1) is 22.7 Å². The highest BCUT2D eigenvalue weighted by atomic mass is 32.1. The highest BCUT2D eigenvalue weighted by Crippen LogP contribution is 2.26. The molecule has 0 aromatic carbocycles. The first-order chi connectivity index (χ1) is 13.2. The van der Waals surface area contributed by atoms with E-state index in [0.717, 1.165) is 17.8 Å². The van der Waals surface area contributed by atoms with Gasteiger partial charge in [0.15, 0.2) is 10.9 Å². The molecule has 7 nitrogen and oxygen atoms in total. The maximum Gasteiger partial charge on any atom is 0.322 e. The van der Waals surface area contributed by atoms with Gasteiger partial charge in [-0.05, 0) is 42.5 Å². The molecular formula is C18H18N4O3S2. The molecule has 1 aliphatic heterocycles. The number of amides is 3. The lowest BCUT2D eigenvalue weighted by Crippen LogP contribution is -2.45. The number of carbonyl (C=O) groups excluding carboxylic acids is 2. The van der Waals surface area contributed by atoms with E-state index in [1.807, 2.05) is 29.0 Å². The molecule has 3 amide bonds. The average Bonchev–Trinajstić information content (AvgIpc) is 3.44. The van der Waals surface area contributed by atoms with Crippen molar-refractivity contribution in [2.45, 2.75) is 12.8 Å². The molecule has 9 heteroatoms. The smallest absolute Gasteiger partial charge is 0.322 e. The molecule has 0 spiro atoms. The van der Waals surface area contributed by atoms with Gasteiger partial charge < -0.3 is 14.6 Å². The number of likely N-dealkylation sites (tertiary alicyclic amines) is 1. The number of urea groups is 1. The molecule has 1 saturated heterocycles. The Labute approximate surface area is 164 Å². The topological polar surface area (TPSA) is 87.5 Å². The van der Waals surface area contributed by atoms with Crippen LogP contribution >= 0.6 is 22.7 Å². The molecule has 27 heavy (non-hydrogen) atoms. The third kappa shape index (κ3) is 4.20. The normalized spacial score (nSPS) is 16.9. The zero-order valence-electron chi connectivity index (χ0n) is 14.4. The highest BCUT2D eigenvalue weighted by Gasteiger charge is 2.29. The molecular weight excluding hydrogens is 384 g/mol. The number of nitrogens with one attached hydrogen (secondary N) is 2. The van der Waals surface area contributed by atoms with Crippen molar-refractivity contribution < 1.29 is 14.0 Å². The Balaban J connectivity index is 1.35. The molecule has 1 aliphatic rings. The second kappa shape index (κ2) is 7.93. The largest absolute Gasteiger partial charge is 0.463 e. The molecule has 1 atom stereocenters. The second-order valence-electron chi connectivity index (χ2n) is 6.20. The van der Waals surface area contributed by atoms with Crippen LogP contribution in [0.15, 0.2) is 45.7 Å². The van der Waals surface area contributed by atoms with Gasteiger partial charge in [-0.3, -0.25) is 10.1 Å². The van der Waals surface area contributed by atoms with E-state index in [-0.39, 0.29) is 17.9 Å². The fraction of sp³-hybridized carbons (Fsp3) is 0.278. The Bertz CT molecular complexity index is 905. The van der Waals surface area contributed by atoms with Crippen molar-refractivity contribution >= 4 is 44.7 Å². The standard InChI is InChI=1S/C18H18N4O3S2/c23-16(21-17-19-13(11-27-17)14-5-2-8-25-14)12-4-1-7-22(10-12)18(24)20-15-6-3-9-26-15/h2-3,5-6,8-9,11-12H,1,4,7,10H2,(H,20,24)(H,19,21,23). The van der Waals surface area contributed by atoms with Crippen LogP contribution in [0.5, 0.6) is 0 Å². The summed E-state index contributed by atoms with van der Waals surface area (Å²) < 4.78 is 5.32. The maximum atomic E-state index is 12.6. The van der Waals surface area contributed by atoms with E-state index >= 15 is 0 Å². The number of hydrogen-bond donors (Lipinski definition) is 2. The van der Waals surface area contributed by atoms with E-state index in [0.29, 0.717) is 29.7 Å². The zero-order valence-corrected chi connectivity index (χ0v) is 16.0.